The van der Waals surface area contributed by atoms with Crippen molar-refractivity contribution in [3.8, 4) is 0 Å². The van der Waals surface area contributed by atoms with E-state index >= 15 is 0 Å². The quantitative estimate of drug-likeness (QED) is 0.845. The highest BCUT2D eigenvalue weighted by atomic mass is 16.5. The predicted octanol–water partition coefficient (Wildman–Crippen LogP) is 2.62. The highest BCUT2D eigenvalue weighted by Gasteiger charge is 2.29. The molecule has 0 spiro atoms. The number of ether oxygens (including phenoxy) is 2. The molecule has 0 bridgehead atoms. The van der Waals surface area contributed by atoms with Crippen molar-refractivity contribution in [2.75, 3.05) is 26.3 Å². The Morgan fingerprint density at radius 1 is 1.25 bits per heavy atom. The molecule has 1 aromatic heterocycles. The molecule has 5 nitrogen and oxygen atoms in total. The molecule has 3 unspecified atom stereocenters. The lowest BCUT2D eigenvalue weighted by atomic mass is 10.0. The number of benzene rings is 1. The minimum absolute atomic E-state index is 0.168. The fourth-order valence-electron chi connectivity index (χ4n) is 3.07. The monoisotopic (exact) mass is 331 g/mol. The van der Waals surface area contributed by atoms with E-state index in [0.29, 0.717) is 19.8 Å². The summed E-state index contributed by atoms with van der Waals surface area (Å²) in [5.74, 6) is 0.768. The first-order valence-electron chi connectivity index (χ1n) is 8.41. The lowest BCUT2D eigenvalue weighted by Crippen LogP contribution is -2.47. The van der Waals surface area contributed by atoms with Crippen molar-refractivity contribution in [1.29, 1.82) is 0 Å². The molecule has 24 heavy (non-hydrogen) atoms. The van der Waals surface area contributed by atoms with Crippen molar-refractivity contribution >= 4 is 0 Å². The minimum Gasteiger partial charge on any atom is -0.467 e. The maximum Gasteiger partial charge on any atom is 0.129 e. The van der Waals surface area contributed by atoms with Gasteiger partial charge in [-0.1, -0.05) is 30.3 Å². The summed E-state index contributed by atoms with van der Waals surface area (Å²) >= 11 is 0. The number of β-amino-alcohol motifs (C(OH)–C–C–N with tert-alkyl or cyclic N) is 1. The molecule has 0 aliphatic carbocycles. The van der Waals surface area contributed by atoms with E-state index < -0.39 is 6.10 Å². The van der Waals surface area contributed by atoms with Gasteiger partial charge in [0.25, 0.3) is 0 Å². The molecule has 130 valence electrons. The van der Waals surface area contributed by atoms with Gasteiger partial charge in [0.15, 0.2) is 0 Å². The van der Waals surface area contributed by atoms with Crippen LogP contribution in [0.15, 0.2) is 53.1 Å². The number of nitrogens with zero attached hydrogens (tertiary/aromatic N) is 1. The van der Waals surface area contributed by atoms with Crippen LogP contribution in [-0.2, 0) is 16.1 Å². The average Bonchev–Trinajstić information content (AvgIpc) is 3.09. The molecule has 3 rings (SSSR count). The van der Waals surface area contributed by atoms with Gasteiger partial charge in [-0.2, -0.15) is 0 Å². The molecular weight excluding hydrogens is 306 g/mol. The van der Waals surface area contributed by atoms with Gasteiger partial charge in [0.1, 0.15) is 12.4 Å². The van der Waals surface area contributed by atoms with Crippen molar-refractivity contribution in [2.24, 2.45) is 0 Å². The molecule has 0 saturated carbocycles. The van der Waals surface area contributed by atoms with E-state index in [1.54, 1.807) is 6.26 Å². The van der Waals surface area contributed by atoms with E-state index in [-0.39, 0.29) is 18.8 Å². The van der Waals surface area contributed by atoms with Crippen LogP contribution < -0.4 is 0 Å². The molecule has 3 atom stereocenters. The second-order valence-electron chi connectivity index (χ2n) is 6.27. The zero-order valence-electron chi connectivity index (χ0n) is 14.0. The summed E-state index contributed by atoms with van der Waals surface area (Å²) in [6.07, 6.45) is 1.24. The third-order valence-corrected chi connectivity index (χ3v) is 4.24. The molecule has 0 amide bonds. The first-order chi connectivity index (χ1) is 11.7. The van der Waals surface area contributed by atoms with E-state index in [9.17, 15) is 5.11 Å². The summed E-state index contributed by atoms with van der Waals surface area (Å²) in [5.41, 5.74) is 1.22. The predicted molar refractivity (Wildman–Crippen MR) is 90.5 cm³/mol. The molecule has 1 saturated heterocycles. The van der Waals surface area contributed by atoms with E-state index in [1.807, 2.05) is 30.3 Å². The van der Waals surface area contributed by atoms with Crippen LogP contribution in [0.1, 0.15) is 24.3 Å². The molecule has 1 N–H and O–H groups in total. The minimum atomic E-state index is -0.545. The first-order valence-corrected chi connectivity index (χ1v) is 8.41. The zero-order valence-corrected chi connectivity index (χ0v) is 14.0. The number of morpholine rings is 1. The van der Waals surface area contributed by atoms with Gasteiger partial charge in [-0.3, -0.25) is 4.90 Å². The van der Waals surface area contributed by atoms with Crippen LogP contribution in [0.4, 0.5) is 0 Å². The Hall–Kier alpha value is -1.66. The van der Waals surface area contributed by atoms with Crippen molar-refractivity contribution < 1.29 is 19.0 Å². The van der Waals surface area contributed by atoms with E-state index in [2.05, 4.69) is 24.0 Å². The Morgan fingerprint density at radius 2 is 2.08 bits per heavy atom. The molecule has 2 heterocycles. The van der Waals surface area contributed by atoms with Crippen molar-refractivity contribution in [3.05, 3.63) is 60.1 Å². The van der Waals surface area contributed by atoms with Gasteiger partial charge in [-0.15, -0.1) is 0 Å². The Morgan fingerprint density at radius 3 is 2.83 bits per heavy atom. The summed E-state index contributed by atoms with van der Waals surface area (Å²) < 4.78 is 16.6. The van der Waals surface area contributed by atoms with Gasteiger partial charge in [0.05, 0.1) is 37.7 Å². The van der Waals surface area contributed by atoms with E-state index in [1.165, 1.54) is 5.56 Å². The fraction of sp³-hybridized carbons (Fsp3) is 0.474. The Balaban J connectivity index is 1.53. The number of aliphatic hydroxyl groups is 1. The van der Waals surface area contributed by atoms with Gasteiger partial charge in [-0.25, -0.2) is 0 Å². The van der Waals surface area contributed by atoms with Gasteiger partial charge < -0.3 is 19.0 Å². The van der Waals surface area contributed by atoms with Crippen LogP contribution in [0.25, 0.3) is 0 Å². The Labute approximate surface area is 142 Å². The van der Waals surface area contributed by atoms with Gasteiger partial charge in [0.2, 0.25) is 0 Å². The molecule has 2 aromatic rings. The molecule has 5 heteroatoms. The molecule has 0 radical (unpaired) electrons. The molecule has 1 aliphatic heterocycles. The topological polar surface area (TPSA) is 55.1 Å². The lowest BCUT2D eigenvalue weighted by molar-refractivity contribution is -0.0778. The molecule has 1 aliphatic rings. The summed E-state index contributed by atoms with van der Waals surface area (Å²) in [7, 11) is 0. The number of aliphatic hydroxyl groups excluding tert-OH is 1. The number of rotatable bonds is 7. The standard InChI is InChI=1S/C19H25NO4/c1-15-10-20(19(14-24-15)16-6-3-2-4-7-16)11-17(21)12-22-13-18-8-5-9-23-18/h2-9,15,17,19,21H,10-14H2,1H3. The maximum absolute atomic E-state index is 10.3. The van der Waals surface area contributed by atoms with Gasteiger partial charge in [-0.05, 0) is 24.6 Å². The van der Waals surface area contributed by atoms with E-state index in [4.69, 9.17) is 13.9 Å². The largest absolute Gasteiger partial charge is 0.467 e. The second kappa shape index (κ2) is 8.44. The molecular formula is C19H25NO4. The highest BCUT2D eigenvalue weighted by Crippen LogP contribution is 2.26. The van der Waals surface area contributed by atoms with Crippen molar-refractivity contribution in [2.45, 2.75) is 31.8 Å². The number of furan rings is 1. The smallest absolute Gasteiger partial charge is 0.129 e. The van der Waals surface area contributed by atoms with Crippen molar-refractivity contribution in [3.63, 3.8) is 0 Å². The van der Waals surface area contributed by atoms with Gasteiger partial charge >= 0.3 is 0 Å². The third-order valence-electron chi connectivity index (χ3n) is 4.24. The summed E-state index contributed by atoms with van der Waals surface area (Å²) in [6.45, 7) is 4.74. The van der Waals surface area contributed by atoms with Crippen molar-refractivity contribution in [1.82, 2.24) is 4.90 Å². The summed E-state index contributed by atoms with van der Waals surface area (Å²) in [5, 5.41) is 10.3. The SMILES string of the molecule is CC1CN(CC(O)COCc2ccco2)C(c2ccccc2)CO1. The van der Waals surface area contributed by atoms with Crippen LogP contribution >= 0.6 is 0 Å². The fourth-order valence-corrected chi connectivity index (χ4v) is 3.07. The Bertz CT molecular complexity index is 587. The second-order valence-corrected chi connectivity index (χ2v) is 6.27. The highest BCUT2D eigenvalue weighted by molar-refractivity contribution is 5.19. The normalized spacial score (nSPS) is 23.2. The van der Waals surface area contributed by atoms with Crippen LogP contribution in [0.2, 0.25) is 0 Å². The Kier molecular flexibility index (Phi) is 6.04. The third kappa shape index (κ3) is 4.68. The molecule has 1 aromatic carbocycles. The van der Waals surface area contributed by atoms with E-state index in [0.717, 1.165) is 12.3 Å². The van der Waals surface area contributed by atoms with Crippen LogP contribution in [0, 0.1) is 0 Å². The van der Waals surface area contributed by atoms with Gasteiger partial charge in [0, 0.05) is 13.1 Å². The maximum atomic E-state index is 10.3. The van der Waals surface area contributed by atoms with Crippen LogP contribution in [0.3, 0.4) is 0 Å². The van der Waals surface area contributed by atoms with Crippen LogP contribution in [0.5, 0.6) is 0 Å². The number of hydrogen-bond acceptors (Lipinski definition) is 5. The van der Waals surface area contributed by atoms with Crippen LogP contribution in [-0.4, -0.2) is 48.5 Å². The first kappa shape index (κ1) is 17.2. The summed E-state index contributed by atoms with van der Waals surface area (Å²) in [4.78, 5) is 2.28. The summed E-state index contributed by atoms with van der Waals surface area (Å²) in [6, 6.07) is 14.2. The average molecular weight is 331 g/mol. The lowest BCUT2D eigenvalue weighted by Gasteiger charge is -2.39. The molecule has 1 fully saturated rings. The zero-order chi connectivity index (χ0) is 16.8. The number of hydrogen-bond donors (Lipinski definition) is 1.